The maximum atomic E-state index is 6.58. The summed E-state index contributed by atoms with van der Waals surface area (Å²) in [7, 11) is 0. The molecule has 3 nitrogen and oxygen atoms in total. The normalized spacial score (nSPS) is 19.8. The number of halogens is 3. The van der Waals surface area contributed by atoms with E-state index in [0.717, 1.165) is 48.5 Å². The predicted octanol–water partition coefficient (Wildman–Crippen LogP) is 8.40. The SMILES string of the molecule is CC(C)(C)c1ccc([C@@H]2Oc3c(Br)cc(Br)cc3[C@H]3CC(c4ccc(Cl)cc4)=NN32)cc1. The maximum Gasteiger partial charge on any atom is 0.213 e. The fourth-order valence-corrected chi connectivity index (χ4v) is 5.78. The average molecular weight is 575 g/mol. The molecule has 0 saturated heterocycles. The third-order valence-electron chi connectivity index (χ3n) is 6.05. The van der Waals surface area contributed by atoms with E-state index in [1.165, 1.54) is 5.56 Å². The van der Waals surface area contributed by atoms with E-state index in [1.807, 2.05) is 30.3 Å². The molecule has 2 atom stereocenters. The molecule has 5 rings (SSSR count). The molecule has 6 heteroatoms. The van der Waals surface area contributed by atoms with Gasteiger partial charge in [-0.2, -0.15) is 5.10 Å². The number of ether oxygens (including phenoxy) is 1. The van der Waals surface area contributed by atoms with Crippen molar-refractivity contribution in [2.45, 2.75) is 44.9 Å². The minimum atomic E-state index is -0.302. The highest BCUT2D eigenvalue weighted by molar-refractivity contribution is 9.11. The summed E-state index contributed by atoms with van der Waals surface area (Å²) in [5.41, 5.74) is 5.73. The largest absolute Gasteiger partial charge is 0.463 e. The van der Waals surface area contributed by atoms with Crippen molar-refractivity contribution in [3.63, 3.8) is 0 Å². The van der Waals surface area contributed by atoms with Crippen LogP contribution in [0.5, 0.6) is 5.75 Å². The van der Waals surface area contributed by atoms with Crippen LogP contribution in [0.15, 0.2) is 74.7 Å². The van der Waals surface area contributed by atoms with Crippen molar-refractivity contribution in [3.8, 4) is 5.75 Å². The fourth-order valence-electron chi connectivity index (χ4n) is 4.30. The first-order chi connectivity index (χ1) is 15.2. The van der Waals surface area contributed by atoms with Gasteiger partial charge in [-0.15, -0.1) is 0 Å². The van der Waals surface area contributed by atoms with Gasteiger partial charge in [-0.1, -0.05) is 84.7 Å². The van der Waals surface area contributed by atoms with Crippen LogP contribution in [0.1, 0.15) is 61.7 Å². The van der Waals surface area contributed by atoms with Crippen molar-refractivity contribution in [2.24, 2.45) is 5.10 Å². The molecule has 0 bridgehead atoms. The monoisotopic (exact) mass is 572 g/mol. The van der Waals surface area contributed by atoms with Crippen molar-refractivity contribution < 1.29 is 4.74 Å². The standard InChI is InChI=1S/C26H23Br2ClN2O/c1-26(2,3)17-8-4-16(5-9-17)25-31-23(20-12-18(27)13-21(28)24(20)32-25)14-22(30-31)15-6-10-19(29)11-7-15/h4-13,23,25H,14H2,1-3H3/t23-,25+/m1/s1. The summed E-state index contributed by atoms with van der Waals surface area (Å²) in [5, 5.41) is 7.88. The van der Waals surface area contributed by atoms with E-state index in [4.69, 9.17) is 21.4 Å². The van der Waals surface area contributed by atoms with Crippen molar-refractivity contribution in [1.82, 2.24) is 5.01 Å². The van der Waals surface area contributed by atoms with E-state index < -0.39 is 0 Å². The van der Waals surface area contributed by atoms with Gasteiger partial charge in [0.2, 0.25) is 6.23 Å². The van der Waals surface area contributed by atoms with Gasteiger partial charge < -0.3 is 4.74 Å². The first-order valence-electron chi connectivity index (χ1n) is 10.6. The lowest BCUT2D eigenvalue weighted by Crippen LogP contribution is -2.34. The second kappa shape index (κ2) is 8.19. The molecule has 0 saturated carbocycles. The van der Waals surface area contributed by atoms with E-state index >= 15 is 0 Å². The van der Waals surface area contributed by atoms with Crippen LogP contribution in [0.25, 0.3) is 0 Å². The summed E-state index contributed by atoms with van der Waals surface area (Å²) in [6, 6.07) is 20.9. The van der Waals surface area contributed by atoms with E-state index in [9.17, 15) is 0 Å². The second-order valence-corrected chi connectivity index (χ2v) is 11.5. The minimum absolute atomic E-state index is 0.0884. The number of fused-ring (bicyclic) bond motifs is 3. The van der Waals surface area contributed by atoms with Crippen LogP contribution < -0.4 is 4.74 Å². The molecule has 2 aliphatic heterocycles. The van der Waals surface area contributed by atoms with E-state index in [-0.39, 0.29) is 17.7 Å². The Hall–Kier alpha value is -1.82. The Bertz CT molecular complexity index is 1200. The molecule has 0 amide bonds. The summed E-state index contributed by atoms with van der Waals surface area (Å²) >= 11 is 13.5. The van der Waals surface area contributed by atoms with Crippen LogP contribution in [-0.2, 0) is 5.41 Å². The summed E-state index contributed by atoms with van der Waals surface area (Å²) < 4.78 is 8.53. The lowest BCUT2D eigenvalue weighted by molar-refractivity contribution is -0.0197. The van der Waals surface area contributed by atoms with Crippen molar-refractivity contribution in [2.75, 3.05) is 0 Å². The van der Waals surface area contributed by atoms with Crippen molar-refractivity contribution >= 4 is 49.2 Å². The third-order valence-corrected chi connectivity index (χ3v) is 7.35. The number of benzene rings is 3. The zero-order chi connectivity index (χ0) is 22.6. The van der Waals surface area contributed by atoms with Crippen molar-refractivity contribution in [1.29, 1.82) is 0 Å². The van der Waals surface area contributed by atoms with Gasteiger partial charge in [0.1, 0.15) is 5.75 Å². The summed E-state index contributed by atoms with van der Waals surface area (Å²) in [6.07, 6.45) is 0.501. The molecule has 32 heavy (non-hydrogen) atoms. The molecule has 0 radical (unpaired) electrons. The Morgan fingerprint density at radius 1 is 1.00 bits per heavy atom. The summed E-state index contributed by atoms with van der Waals surface area (Å²) in [6.45, 7) is 6.68. The van der Waals surface area contributed by atoms with Crippen LogP contribution in [0.3, 0.4) is 0 Å². The van der Waals surface area contributed by atoms with Gasteiger partial charge in [-0.3, -0.25) is 0 Å². The van der Waals surface area contributed by atoms with Crippen LogP contribution in [0.4, 0.5) is 0 Å². The first kappa shape index (κ1) is 22.0. The van der Waals surface area contributed by atoms with Crippen LogP contribution in [0, 0.1) is 0 Å². The van der Waals surface area contributed by atoms with E-state index in [2.05, 4.69) is 88.0 Å². The Balaban J connectivity index is 1.59. The van der Waals surface area contributed by atoms with Gasteiger partial charge in [-0.05, 0) is 56.7 Å². The Kier molecular flexibility index (Phi) is 5.63. The summed E-state index contributed by atoms with van der Waals surface area (Å²) in [5.74, 6) is 0.881. The van der Waals surface area contributed by atoms with Crippen LogP contribution in [0.2, 0.25) is 5.02 Å². The molecule has 0 N–H and O–H groups in total. The lowest BCUT2D eigenvalue weighted by atomic mass is 9.86. The first-order valence-corrected chi connectivity index (χ1v) is 12.5. The zero-order valence-electron chi connectivity index (χ0n) is 18.1. The number of hydrazone groups is 1. The molecule has 0 aliphatic carbocycles. The zero-order valence-corrected chi connectivity index (χ0v) is 22.0. The van der Waals surface area contributed by atoms with Gasteiger partial charge in [-0.25, -0.2) is 5.01 Å². The number of hydrogen-bond acceptors (Lipinski definition) is 3. The van der Waals surface area contributed by atoms with E-state index in [0.29, 0.717) is 0 Å². The average Bonchev–Trinajstić information content (AvgIpc) is 3.19. The molecule has 2 aliphatic rings. The molecular formula is C26H23Br2ClN2O. The number of rotatable bonds is 2. The molecule has 3 aromatic carbocycles. The van der Waals surface area contributed by atoms with E-state index in [1.54, 1.807) is 0 Å². The highest BCUT2D eigenvalue weighted by atomic mass is 79.9. The van der Waals surface area contributed by atoms with Gasteiger partial charge in [0.25, 0.3) is 0 Å². The Morgan fingerprint density at radius 2 is 1.69 bits per heavy atom. The quantitative estimate of drug-likeness (QED) is 0.307. The van der Waals surface area contributed by atoms with Crippen molar-refractivity contribution in [3.05, 3.63) is 96.9 Å². The topological polar surface area (TPSA) is 24.8 Å². The molecule has 3 aromatic rings. The van der Waals surface area contributed by atoms with Gasteiger partial charge in [0.15, 0.2) is 0 Å². The maximum absolute atomic E-state index is 6.58. The fraction of sp³-hybridized carbons (Fsp3) is 0.269. The highest BCUT2D eigenvalue weighted by Gasteiger charge is 2.42. The number of nitrogens with zero attached hydrogens (tertiary/aromatic N) is 2. The Labute approximate surface area is 210 Å². The minimum Gasteiger partial charge on any atom is -0.463 e. The van der Waals surface area contributed by atoms with Crippen LogP contribution >= 0.6 is 43.5 Å². The predicted molar refractivity (Wildman–Crippen MR) is 138 cm³/mol. The van der Waals surface area contributed by atoms with Gasteiger partial charge in [0, 0.05) is 27.0 Å². The molecule has 0 spiro atoms. The second-order valence-electron chi connectivity index (χ2n) is 9.30. The van der Waals surface area contributed by atoms with Crippen LogP contribution in [-0.4, -0.2) is 10.7 Å². The molecule has 0 unspecified atom stereocenters. The third kappa shape index (κ3) is 4.00. The Morgan fingerprint density at radius 3 is 2.34 bits per heavy atom. The molecule has 2 heterocycles. The molecule has 164 valence electrons. The van der Waals surface area contributed by atoms with Gasteiger partial charge >= 0.3 is 0 Å². The molecular weight excluding hydrogens is 552 g/mol. The summed E-state index contributed by atoms with van der Waals surface area (Å²) in [4.78, 5) is 0. The highest BCUT2D eigenvalue weighted by Crippen LogP contribution is 2.51. The van der Waals surface area contributed by atoms with Gasteiger partial charge in [0.05, 0.1) is 16.2 Å². The molecule has 0 fully saturated rings. The number of hydrogen-bond donors (Lipinski definition) is 0. The molecule has 0 aromatic heterocycles. The smallest absolute Gasteiger partial charge is 0.213 e. The lowest BCUT2D eigenvalue weighted by Gasteiger charge is -2.39.